The van der Waals surface area contributed by atoms with Crippen LogP contribution in [0.3, 0.4) is 0 Å². The zero-order valence-electron chi connectivity index (χ0n) is 9.37. The fourth-order valence-corrected chi connectivity index (χ4v) is 1.39. The molecule has 1 aromatic rings. The summed E-state index contributed by atoms with van der Waals surface area (Å²) >= 11 is 0. The van der Waals surface area contributed by atoms with Crippen LogP contribution in [0, 0.1) is 5.92 Å². The Balaban J connectivity index is 0.000000246. The van der Waals surface area contributed by atoms with Crippen molar-refractivity contribution in [3.63, 3.8) is 0 Å². The van der Waals surface area contributed by atoms with Gasteiger partial charge in [-0.1, -0.05) is 12.8 Å². The summed E-state index contributed by atoms with van der Waals surface area (Å²) in [5.74, 6) is -0.627. The van der Waals surface area contributed by atoms with Crippen LogP contribution in [0.25, 0.3) is 0 Å². The lowest BCUT2D eigenvalue weighted by molar-refractivity contribution is -0.141. The number of primary amides is 1. The molecular formula is C10H17N3O4. The molecule has 0 atom stereocenters. The van der Waals surface area contributed by atoms with Crippen molar-refractivity contribution in [3.8, 4) is 0 Å². The lowest BCUT2D eigenvalue weighted by Gasteiger charge is -1.97. The number of nitrogens with zero attached hydrogens (tertiary/aromatic N) is 1. The van der Waals surface area contributed by atoms with E-state index in [2.05, 4.69) is 15.9 Å². The number of hydrogen-bond donors (Lipinski definition) is 4. The third-order valence-corrected chi connectivity index (χ3v) is 2.11. The number of amides is 1. The predicted octanol–water partition coefficient (Wildman–Crippen LogP) is 1.29. The monoisotopic (exact) mass is 243 g/mol. The van der Waals surface area contributed by atoms with Crippen molar-refractivity contribution >= 4 is 12.1 Å². The Morgan fingerprint density at radius 2 is 1.82 bits per heavy atom. The standard InChI is InChI=1S/C6H10O2.C3H4N2.CH3NO2/c7-6(8)5-3-1-2-4-5;1-2-4-5-3-1;2-1(3)4/h5H,1-4H2,(H,7,8);1-3H,(H,4,5);2H2,(H,3,4). The molecule has 1 aliphatic rings. The van der Waals surface area contributed by atoms with Gasteiger partial charge in [0, 0.05) is 12.4 Å². The van der Waals surface area contributed by atoms with Crippen LogP contribution < -0.4 is 5.73 Å². The average molecular weight is 243 g/mol. The van der Waals surface area contributed by atoms with Crippen molar-refractivity contribution in [1.82, 2.24) is 10.2 Å². The second-order valence-electron chi connectivity index (χ2n) is 3.42. The molecule has 96 valence electrons. The molecule has 7 nitrogen and oxygen atoms in total. The highest BCUT2D eigenvalue weighted by molar-refractivity contribution is 5.70. The van der Waals surface area contributed by atoms with Gasteiger partial charge in [-0.15, -0.1) is 0 Å². The number of aliphatic carboxylic acids is 1. The normalized spacial score (nSPS) is 13.9. The smallest absolute Gasteiger partial charge is 0.402 e. The number of nitrogens with two attached hydrogens (primary N) is 1. The second kappa shape index (κ2) is 9.20. The van der Waals surface area contributed by atoms with Crippen LogP contribution in [0.4, 0.5) is 4.79 Å². The number of aromatic amines is 1. The summed E-state index contributed by atoms with van der Waals surface area (Å²) in [5.41, 5.74) is 4.03. The summed E-state index contributed by atoms with van der Waals surface area (Å²) in [4.78, 5) is 19.0. The fourth-order valence-electron chi connectivity index (χ4n) is 1.39. The quantitative estimate of drug-likeness (QED) is 0.590. The minimum Gasteiger partial charge on any atom is -0.481 e. The molecule has 1 saturated carbocycles. The van der Waals surface area contributed by atoms with E-state index in [1.54, 1.807) is 12.4 Å². The van der Waals surface area contributed by atoms with E-state index < -0.39 is 12.1 Å². The van der Waals surface area contributed by atoms with Crippen LogP contribution in [0.2, 0.25) is 0 Å². The number of aromatic nitrogens is 2. The molecular weight excluding hydrogens is 226 g/mol. The van der Waals surface area contributed by atoms with Crippen molar-refractivity contribution in [3.05, 3.63) is 18.5 Å². The van der Waals surface area contributed by atoms with Crippen LogP contribution in [0.5, 0.6) is 0 Å². The number of H-pyrrole nitrogens is 1. The summed E-state index contributed by atoms with van der Waals surface area (Å²) in [5, 5.41) is 21.8. The Labute approximate surface area is 98.6 Å². The number of hydrogen-bond acceptors (Lipinski definition) is 3. The maximum Gasteiger partial charge on any atom is 0.402 e. The highest BCUT2D eigenvalue weighted by Crippen LogP contribution is 2.24. The van der Waals surface area contributed by atoms with Gasteiger partial charge in [-0.05, 0) is 18.9 Å². The third kappa shape index (κ3) is 10.2. The molecule has 1 aliphatic carbocycles. The van der Waals surface area contributed by atoms with E-state index >= 15 is 0 Å². The molecule has 1 aromatic heterocycles. The predicted molar refractivity (Wildman–Crippen MR) is 60.4 cm³/mol. The van der Waals surface area contributed by atoms with E-state index in [1.807, 2.05) is 6.07 Å². The van der Waals surface area contributed by atoms with E-state index in [0.29, 0.717) is 0 Å². The lowest BCUT2D eigenvalue weighted by atomic mass is 10.1. The molecule has 0 aliphatic heterocycles. The van der Waals surface area contributed by atoms with Gasteiger partial charge < -0.3 is 15.9 Å². The summed E-state index contributed by atoms with van der Waals surface area (Å²) in [6.45, 7) is 0. The van der Waals surface area contributed by atoms with Gasteiger partial charge in [0.2, 0.25) is 0 Å². The van der Waals surface area contributed by atoms with Crippen molar-refractivity contribution in [2.24, 2.45) is 11.7 Å². The van der Waals surface area contributed by atoms with Crippen molar-refractivity contribution in [1.29, 1.82) is 0 Å². The van der Waals surface area contributed by atoms with Crippen molar-refractivity contribution in [2.45, 2.75) is 25.7 Å². The molecule has 1 heterocycles. The Kier molecular flexibility index (Phi) is 8.09. The number of rotatable bonds is 1. The summed E-state index contributed by atoms with van der Waals surface area (Å²) in [6.07, 6.45) is 6.14. The van der Waals surface area contributed by atoms with E-state index in [9.17, 15) is 4.79 Å². The largest absolute Gasteiger partial charge is 0.481 e. The van der Waals surface area contributed by atoms with Gasteiger partial charge in [0.1, 0.15) is 0 Å². The van der Waals surface area contributed by atoms with Crippen LogP contribution in [-0.2, 0) is 4.79 Å². The first-order chi connectivity index (χ1) is 8.04. The molecule has 2 rings (SSSR count). The summed E-state index contributed by atoms with van der Waals surface area (Å²) in [7, 11) is 0. The van der Waals surface area contributed by atoms with Gasteiger partial charge >= 0.3 is 12.1 Å². The number of nitrogens with one attached hydrogen (secondary N) is 1. The summed E-state index contributed by atoms with van der Waals surface area (Å²) < 4.78 is 0. The molecule has 1 amide bonds. The van der Waals surface area contributed by atoms with Crippen molar-refractivity contribution < 1.29 is 19.8 Å². The minimum absolute atomic E-state index is 0.0185. The summed E-state index contributed by atoms with van der Waals surface area (Å²) in [6, 6.07) is 1.83. The Hall–Kier alpha value is -2.05. The molecule has 7 heteroatoms. The Bertz CT molecular complexity index is 286. The molecule has 0 bridgehead atoms. The molecule has 0 aromatic carbocycles. The first-order valence-electron chi connectivity index (χ1n) is 5.19. The van der Waals surface area contributed by atoms with Crippen LogP contribution in [-0.4, -0.2) is 32.5 Å². The zero-order valence-corrected chi connectivity index (χ0v) is 9.37. The molecule has 0 unspecified atom stereocenters. The Morgan fingerprint density at radius 3 is 2.00 bits per heavy atom. The van der Waals surface area contributed by atoms with Crippen LogP contribution in [0.15, 0.2) is 18.5 Å². The van der Waals surface area contributed by atoms with E-state index in [4.69, 9.17) is 15.0 Å². The molecule has 0 saturated heterocycles. The number of carboxylic acid groups (broad SMARTS) is 2. The first-order valence-corrected chi connectivity index (χ1v) is 5.19. The van der Waals surface area contributed by atoms with Gasteiger partial charge in [-0.25, -0.2) is 4.79 Å². The molecule has 0 spiro atoms. The SMILES string of the molecule is NC(=O)O.O=C(O)C1CCCC1.c1cn[nH]c1. The number of carboxylic acids is 1. The van der Waals surface area contributed by atoms with Gasteiger partial charge in [0.25, 0.3) is 0 Å². The fraction of sp³-hybridized carbons (Fsp3) is 0.500. The topological polar surface area (TPSA) is 129 Å². The molecule has 5 N–H and O–H groups in total. The molecule has 1 fully saturated rings. The zero-order chi connectivity index (χ0) is 13.1. The third-order valence-electron chi connectivity index (χ3n) is 2.11. The maximum absolute atomic E-state index is 10.2. The number of carbonyl (C=O) groups is 2. The van der Waals surface area contributed by atoms with Crippen LogP contribution in [0.1, 0.15) is 25.7 Å². The van der Waals surface area contributed by atoms with Gasteiger partial charge in [-0.2, -0.15) is 5.10 Å². The highest BCUT2D eigenvalue weighted by atomic mass is 16.4. The second-order valence-corrected chi connectivity index (χ2v) is 3.42. The van der Waals surface area contributed by atoms with Gasteiger partial charge in [0.05, 0.1) is 5.92 Å². The van der Waals surface area contributed by atoms with E-state index in [1.165, 1.54) is 0 Å². The minimum atomic E-state index is -1.33. The first kappa shape index (κ1) is 14.9. The van der Waals surface area contributed by atoms with Crippen LogP contribution >= 0.6 is 0 Å². The maximum atomic E-state index is 10.2. The van der Waals surface area contributed by atoms with Crippen molar-refractivity contribution in [2.75, 3.05) is 0 Å². The Morgan fingerprint density at radius 1 is 1.29 bits per heavy atom. The van der Waals surface area contributed by atoms with E-state index in [-0.39, 0.29) is 5.92 Å². The molecule has 0 radical (unpaired) electrons. The average Bonchev–Trinajstić information content (AvgIpc) is 2.94. The van der Waals surface area contributed by atoms with Gasteiger partial charge in [-0.3, -0.25) is 9.89 Å². The lowest BCUT2D eigenvalue weighted by Crippen LogP contribution is -2.07. The highest BCUT2D eigenvalue weighted by Gasteiger charge is 2.20. The van der Waals surface area contributed by atoms with E-state index in [0.717, 1.165) is 25.7 Å². The van der Waals surface area contributed by atoms with Gasteiger partial charge in [0.15, 0.2) is 0 Å². The molecule has 17 heavy (non-hydrogen) atoms.